The van der Waals surface area contributed by atoms with Crippen LogP contribution >= 0.6 is 0 Å². The van der Waals surface area contributed by atoms with E-state index in [2.05, 4.69) is 19.2 Å². The summed E-state index contributed by atoms with van der Waals surface area (Å²) in [6, 6.07) is 13.5. The molecule has 0 saturated carbocycles. The van der Waals surface area contributed by atoms with E-state index >= 15 is 0 Å². The van der Waals surface area contributed by atoms with Crippen molar-refractivity contribution in [2.75, 3.05) is 27.4 Å². The van der Waals surface area contributed by atoms with Crippen molar-refractivity contribution in [3.63, 3.8) is 0 Å². The summed E-state index contributed by atoms with van der Waals surface area (Å²) in [5.41, 5.74) is 3.13. The molecule has 0 fully saturated rings. The van der Waals surface area contributed by atoms with Crippen LogP contribution in [0.25, 0.3) is 6.08 Å². The van der Waals surface area contributed by atoms with E-state index in [1.54, 1.807) is 20.3 Å². The Labute approximate surface area is 177 Å². The third-order valence-electron chi connectivity index (χ3n) is 4.54. The maximum absolute atomic E-state index is 11.9. The predicted octanol–water partition coefficient (Wildman–Crippen LogP) is 3.74. The molecule has 1 N–H and O–H groups in total. The molecule has 30 heavy (non-hydrogen) atoms. The highest BCUT2D eigenvalue weighted by Crippen LogP contribution is 2.27. The van der Waals surface area contributed by atoms with Gasteiger partial charge in [0, 0.05) is 12.6 Å². The lowest BCUT2D eigenvalue weighted by atomic mass is 10.0. The van der Waals surface area contributed by atoms with E-state index in [0.717, 1.165) is 11.1 Å². The molecule has 0 aromatic heterocycles. The normalized spacial score (nSPS) is 10.8. The molecule has 2 aromatic rings. The van der Waals surface area contributed by atoms with Crippen LogP contribution in [0, 0.1) is 0 Å². The Bertz CT molecular complexity index is 872. The monoisotopic (exact) mass is 411 g/mol. The van der Waals surface area contributed by atoms with Gasteiger partial charge < -0.3 is 19.5 Å². The third-order valence-corrected chi connectivity index (χ3v) is 4.54. The number of methoxy groups -OCH3 is 2. The Morgan fingerprint density at radius 3 is 2.33 bits per heavy atom. The standard InChI is InChI=1S/C24H29NO5/c1-17(2)20-9-5-18(6-10-20)8-12-24(27)30-16-23(26)25-14-13-19-7-11-21(28-3)22(15-19)29-4/h5-12,15,17H,13-14,16H2,1-4H3,(H,25,26). The van der Waals surface area contributed by atoms with Gasteiger partial charge in [-0.2, -0.15) is 0 Å². The summed E-state index contributed by atoms with van der Waals surface area (Å²) >= 11 is 0. The number of nitrogens with one attached hydrogen (secondary N) is 1. The van der Waals surface area contributed by atoms with E-state index in [0.29, 0.717) is 30.4 Å². The van der Waals surface area contributed by atoms with Crippen molar-refractivity contribution < 1.29 is 23.8 Å². The van der Waals surface area contributed by atoms with Gasteiger partial charge >= 0.3 is 5.97 Å². The quantitative estimate of drug-likeness (QED) is 0.476. The fraction of sp³-hybridized carbons (Fsp3) is 0.333. The summed E-state index contributed by atoms with van der Waals surface area (Å²) in [6.07, 6.45) is 3.61. The smallest absolute Gasteiger partial charge is 0.331 e. The summed E-state index contributed by atoms with van der Waals surface area (Å²) in [4.78, 5) is 23.7. The largest absolute Gasteiger partial charge is 0.493 e. The van der Waals surface area contributed by atoms with Gasteiger partial charge in [0.25, 0.3) is 5.91 Å². The second-order valence-electron chi connectivity index (χ2n) is 7.05. The Kier molecular flexibility index (Phi) is 8.94. The fourth-order valence-corrected chi connectivity index (χ4v) is 2.77. The van der Waals surface area contributed by atoms with Gasteiger partial charge in [0.1, 0.15) is 0 Å². The topological polar surface area (TPSA) is 73.9 Å². The van der Waals surface area contributed by atoms with Crippen LogP contribution in [0.2, 0.25) is 0 Å². The van der Waals surface area contributed by atoms with Crippen LogP contribution in [0.1, 0.15) is 36.5 Å². The number of carbonyl (C=O) groups is 2. The highest BCUT2D eigenvalue weighted by molar-refractivity contribution is 5.89. The maximum atomic E-state index is 11.9. The van der Waals surface area contributed by atoms with Crippen molar-refractivity contribution >= 4 is 18.0 Å². The SMILES string of the molecule is COc1ccc(CCNC(=O)COC(=O)C=Cc2ccc(C(C)C)cc2)cc1OC. The molecule has 1 amide bonds. The van der Waals surface area contributed by atoms with Gasteiger partial charge in [0.2, 0.25) is 0 Å². The van der Waals surface area contributed by atoms with Gasteiger partial charge in [-0.25, -0.2) is 4.79 Å². The lowest BCUT2D eigenvalue weighted by Gasteiger charge is -2.10. The van der Waals surface area contributed by atoms with Gasteiger partial charge in [0.05, 0.1) is 14.2 Å². The Morgan fingerprint density at radius 2 is 1.70 bits per heavy atom. The van der Waals surface area contributed by atoms with Crippen LogP contribution in [0.4, 0.5) is 0 Å². The molecule has 0 heterocycles. The number of esters is 1. The molecule has 2 aromatic carbocycles. The maximum Gasteiger partial charge on any atom is 0.331 e. The highest BCUT2D eigenvalue weighted by atomic mass is 16.5. The minimum Gasteiger partial charge on any atom is -0.493 e. The number of carbonyl (C=O) groups excluding carboxylic acids is 2. The molecule has 0 unspecified atom stereocenters. The third kappa shape index (κ3) is 7.28. The Hall–Kier alpha value is -3.28. The molecule has 0 bridgehead atoms. The molecule has 0 radical (unpaired) electrons. The zero-order valence-electron chi connectivity index (χ0n) is 17.9. The first-order chi connectivity index (χ1) is 14.4. The van der Waals surface area contributed by atoms with Crippen molar-refractivity contribution in [1.82, 2.24) is 5.32 Å². The van der Waals surface area contributed by atoms with E-state index in [-0.39, 0.29) is 12.5 Å². The van der Waals surface area contributed by atoms with Gasteiger partial charge in [-0.05, 0) is 47.2 Å². The van der Waals surface area contributed by atoms with Crippen molar-refractivity contribution in [2.24, 2.45) is 0 Å². The van der Waals surface area contributed by atoms with Gasteiger partial charge in [0.15, 0.2) is 18.1 Å². The molecular formula is C24H29NO5. The number of benzene rings is 2. The average Bonchev–Trinajstić information content (AvgIpc) is 2.76. The number of hydrogen-bond donors (Lipinski definition) is 1. The number of hydrogen-bond acceptors (Lipinski definition) is 5. The molecule has 0 saturated heterocycles. The van der Waals surface area contributed by atoms with E-state index < -0.39 is 5.97 Å². The van der Waals surface area contributed by atoms with Gasteiger partial charge in [-0.3, -0.25) is 4.79 Å². The average molecular weight is 411 g/mol. The van der Waals surface area contributed by atoms with E-state index in [1.165, 1.54) is 11.6 Å². The zero-order chi connectivity index (χ0) is 21.9. The van der Waals surface area contributed by atoms with Crippen LogP contribution in [0.5, 0.6) is 11.5 Å². The van der Waals surface area contributed by atoms with Crippen molar-refractivity contribution in [3.8, 4) is 11.5 Å². The molecule has 0 aliphatic heterocycles. The van der Waals surface area contributed by atoms with Crippen molar-refractivity contribution in [2.45, 2.75) is 26.2 Å². The number of ether oxygens (including phenoxy) is 3. The Morgan fingerprint density at radius 1 is 1.00 bits per heavy atom. The molecule has 0 atom stereocenters. The lowest BCUT2D eigenvalue weighted by molar-refractivity contribution is -0.143. The van der Waals surface area contributed by atoms with E-state index in [9.17, 15) is 9.59 Å². The molecule has 0 aliphatic rings. The summed E-state index contributed by atoms with van der Waals surface area (Å²) in [7, 11) is 3.16. The molecular weight excluding hydrogens is 382 g/mol. The minimum atomic E-state index is -0.557. The first-order valence-electron chi connectivity index (χ1n) is 9.85. The van der Waals surface area contributed by atoms with Crippen LogP contribution < -0.4 is 14.8 Å². The van der Waals surface area contributed by atoms with Gasteiger partial charge in [-0.1, -0.05) is 44.2 Å². The van der Waals surface area contributed by atoms with Crippen LogP contribution in [0.15, 0.2) is 48.5 Å². The summed E-state index contributed by atoms with van der Waals surface area (Å²) in [6.45, 7) is 4.35. The predicted molar refractivity (Wildman–Crippen MR) is 117 cm³/mol. The van der Waals surface area contributed by atoms with Gasteiger partial charge in [-0.15, -0.1) is 0 Å². The summed E-state index contributed by atoms with van der Waals surface area (Å²) in [5.74, 6) is 0.844. The van der Waals surface area contributed by atoms with Crippen LogP contribution in [-0.2, 0) is 20.7 Å². The first-order valence-corrected chi connectivity index (χ1v) is 9.85. The first kappa shape index (κ1) is 23.0. The fourth-order valence-electron chi connectivity index (χ4n) is 2.77. The minimum absolute atomic E-state index is 0.318. The molecule has 0 spiro atoms. The van der Waals surface area contributed by atoms with Crippen molar-refractivity contribution in [3.05, 3.63) is 65.2 Å². The van der Waals surface area contributed by atoms with E-state index in [1.807, 2.05) is 42.5 Å². The second kappa shape index (κ2) is 11.7. The number of rotatable bonds is 10. The molecule has 6 nitrogen and oxygen atoms in total. The van der Waals surface area contributed by atoms with Crippen LogP contribution in [0.3, 0.4) is 0 Å². The molecule has 2 rings (SSSR count). The Balaban J connectivity index is 1.72. The lowest BCUT2D eigenvalue weighted by Crippen LogP contribution is -2.30. The molecule has 0 aliphatic carbocycles. The molecule has 160 valence electrons. The zero-order valence-corrected chi connectivity index (χ0v) is 17.9. The summed E-state index contributed by atoms with van der Waals surface area (Å²) < 4.78 is 15.4. The van der Waals surface area contributed by atoms with E-state index in [4.69, 9.17) is 14.2 Å². The second-order valence-corrected chi connectivity index (χ2v) is 7.05. The molecule has 6 heteroatoms. The highest BCUT2D eigenvalue weighted by Gasteiger charge is 2.07. The summed E-state index contributed by atoms with van der Waals surface area (Å²) in [5, 5.41) is 2.73. The van der Waals surface area contributed by atoms with Crippen LogP contribution in [-0.4, -0.2) is 39.2 Å². The van der Waals surface area contributed by atoms with Crippen molar-refractivity contribution in [1.29, 1.82) is 0 Å². The number of amides is 1.